The Morgan fingerprint density at radius 3 is 2.85 bits per heavy atom. The van der Waals surface area contributed by atoms with Crippen molar-refractivity contribution in [1.82, 2.24) is 5.32 Å². The number of fused-ring (bicyclic) bond motifs is 5. The number of carbonyl (C=O) groups is 2. The van der Waals surface area contributed by atoms with E-state index in [0.29, 0.717) is 0 Å². The van der Waals surface area contributed by atoms with E-state index in [9.17, 15) is 9.59 Å². The van der Waals surface area contributed by atoms with Gasteiger partial charge in [0.25, 0.3) is 0 Å². The fourth-order valence-corrected chi connectivity index (χ4v) is 2.09. The summed E-state index contributed by atoms with van der Waals surface area (Å²) in [6.45, 7) is 0. The highest BCUT2D eigenvalue weighted by atomic mass is 16.6. The third-order valence-corrected chi connectivity index (χ3v) is 2.65. The highest BCUT2D eigenvalue weighted by Crippen LogP contribution is 2.36. The van der Waals surface area contributed by atoms with Crippen LogP contribution in [-0.2, 0) is 14.3 Å². The van der Waals surface area contributed by atoms with Crippen molar-refractivity contribution in [1.29, 1.82) is 0 Å². The molecule has 3 aliphatic heterocycles. The molecule has 2 fully saturated rings. The van der Waals surface area contributed by atoms with Crippen LogP contribution in [0.25, 0.3) is 0 Å². The first-order chi connectivity index (χ1) is 6.25. The Labute approximate surface area is 73.7 Å². The Bertz CT molecular complexity index is 324. The molecule has 5 heteroatoms. The number of nitrogens with one attached hydrogen (secondary N) is 1. The van der Waals surface area contributed by atoms with Crippen molar-refractivity contribution in [3.63, 3.8) is 0 Å². The predicted molar refractivity (Wildman–Crippen MR) is 39.7 cm³/mol. The molecule has 0 aliphatic carbocycles. The van der Waals surface area contributed by atoms with Crippen molar-refractivity contribution in [2.24, 2.45) is 5.92 Å². The maximum Gasteiger partial charge on any atom is 0.415 e. The third-order valence-electron chi connectivity index (χ3n) is 2.65. The van der Waals surface area contributed by atoms with E-state index >= 15 is 0 Å². The minimum atomic E-state index is -0.671. The van der Waals surface area contributed by atoms with Crippen molar-refractivity contribution < 1.29 is 19.1 Å². The Morgan fingerprint density at radius 2 is 2.00 bits per heavy atom. The first kappa shape index (κ1) is 7.08. The van der Waals surface area contributed by atoms with Crippen molar-refractivity contribution in [3.05, 3.63) is 12.2 Å². The molecule has 5 nitrogen and oxygen atoms in total. The SMILES string of the molecule is O=C1N[C@H]2[C@@H](C(=O)O1)[C@@H]1C=C[C@H]2O1. The fourth-order valence-electron chi connectivity index (χ4n) is 2.09. The molecular formula is C8H7NO4. The summed E-state index contributed by atoms with van der Waals surface area (Å²) in [5, 5.41) is 2.58. The van der Waals surface area contributed by atoms with Gasteiger partial charge in [0.1, 0.15) is 5.92 Å². The Kier molecular flexibility index (Phi) is 1.15. The van der Waals surface area contributed by atoms with Crippen molar-refractivity contribution >= 4 is 12.1 Å². The lowest BCUT2D eigenvalue weighted by Gasteiger charge is -2.27. The molecule has 68 valence electrons. The molecule has 1 N–H and O–H groups in total. The summed E-state index contributed by atoms with van der Waals surface area (Å²) in [7, 11) is 0. The zero-order valence-corrected chi connectivity index (χ0v) is 6.60. The molecule has 0 aromatic rings. The molecule has 3 rings (SSSR count). The van der Waals surface area contributed by atoms with Crippen LogP contribution in [-0.4, -0.2) is 30.3 Å². The molecule has 4 atom stereocenters. The first-order valence-electron chi connectivity index (χ1n) is 4.12. The van der Waals surface area contributed by atoms with Gasteiger partial charge < -0.3 is 14.8 Å². The molecule has 0 radical (unpaired) electrons. The minimum absolute atomic E-state index is 0.160. The molecule has 3 aliphatic rings. The van der Waals surface area contributed by atoms with Crippen LogP contribution in [0.2, 0.25) is 0 Å². The van der Waals surface area contributed by atoms with Gasteiger partial charge >= 0.3 is 12.1 Å². The molecule has 3 heterocycles. The third kappa shape index (κ3) is 0.793. The molecule has 0 aromatic carbocycles. The first-order valence-corrected chi connectivity index (χ1v) is 4.12. The summed E-state index contributed by atoms with van der Waals surface area (Å²) in [6.07, 6.45) is 2.65. The monoisotopic (exact) mass is 181 g/mol. The minimum Gasteiger partial charge on any atom is -0.376 e. The van der Waals surface area contributed by atoms with Crippen molar-refractivity contribution in [2.75, 3.05) is 0 Å². The number of carbonyl (C=O) groups excluding carboxylic acids is 2. The molecule has 2 saturated heterocycles. The quantitative estimate of drug-likeness (QED) is 0.313. The van der Waals surface area contributed by atoms with Gasteiger partial charge in [-0.1, -0.05) is 12.2 Å². The van der Waals surface area contributed by atoms with Crippen LogP contribution in [0.4, 0.5) is 4.79 Å². The predicted octanol–water partition coefficient (Wildman–Crippen LogP) is -0.425. The van der Waals surface area contributed by atoms with Gasteiger partial charge in [-0.3, -0.25) is 4.79 Å². The molecule has 0 saturated carbocycles. The number of hydrogen-bond donors (Lipinski definition) is 1. The van der Waals surface area contributed by atoms with Crippen LogP contribution in [0, 0.1) is 5.92 Å². The second-order valence-corrected chi connectivity index (χ2v) is 3.35. The second-order valence-electron chi connectivity index (χ2n) is 3.35. The highest BCUT2D eigenvalue weighted by molar-refractivity contribution is 5.90. The lowest BCUT2D eigenvalue weighted by molar-refractivity contribution is -0.145. The van der Waals surface area contributed by atoms with Gasteiger partial charge in [-0.25, -0.2) is 4.79 Å². The van der Waals surface area contributed by atoms with Crippen molar-refractivity contribution in [3.8, 4) is 0 Å². The van der Waals surface area contributed by atoms with E-state index in [1.54, 1.807) is 0 Å². The lowest BCUT2D eigenvalue weighted by Crippen LogP contribution is -2.54. The zero-order valence-electron chi connectivity index (χ0n) is 6.60. The van der Waals surface area contributed by atoms with E-state index in [4.69, 9.17) is 4.74 Å². The smallest absolute Gasteiger partial charge is 0.376 e. The summed E-state index contributed by atoms with van der Waals surface area (Å²) in [5.41, 5.74) is 0. The van der Waals surface area contributed by atoms with Crippen LogP contribution >= 0.6 is 0 Å². The molecule has 0 aromatic heterocycles. The van der Waals surface area contributed by atoms with E-state index in [1.807, 2.05) is 12.2 Å². The van der Waals surface area contributed by atoms with Gasteiger partial charge in [0, 0.05) is 0 Å². The normalized spacial score (nSPS) is 45.8. The van der Waals surface area contributed by atoms with Crippen LogP contribution in [0.3, 0.4) is 0 Å². The highest BCUT2D eigenvalue weighted by Gasteiger charge is 2.54. The average Bonchev–Trinajstić information content (AvgIpc) is 2.62. The van der Waals surface area contributed by atoms with Gasteiger partial charge in [0.05, 0.1) is 18.2 Å². The number of amides is 1. The molecule has 1 amide bonds. The van der Waals surface area contributed by atoms with E-state index in [1.165, 1.54) is 0 Å². The molecule has 0 spiro atoms. The zero-order chi connectivity index (χ0) is 9.00. The number of ether oxygens (including phenoxy) is 2. The van der Waals surface area contributed by atoms with E-state index in [-0.39, 0.29) is 24.2 Å². The van der Waals surface area contributed by atoms with Gasteiger partial charge in [-0.05, 0) is 0 Å². The summed E-state index contributed by atoms with van der Waals surface area (Å²) >= 11 is 0. The van der Waals surface area contributed by atoms with Gasteiger partial charge in [-0.15, -0.1) is 0 Å². The summed E-state index contributed by atoms with van der Waals surface area (Å²) in [6, 6.07) is -0.233. The summed E-state index contributed by atoms with van der Waals surface area (Å²) in [5.74, 6) is -0.835. The molecule has 0 unspecified atom stereocenters. The Balaban J connectivity index is 1.98. The van der Waals surface area contributed by atoms with E-state index < -0.39 is 12.1 Å². The van der Waals surface area contributed by atoms with Crippen LogP contribution < -0.4 is 5.32 Å². The number of rotatable bonds is 0. The maximum absolute atomic E-state index is 11.3. The van der Waals surface area contributed by atoms with Crippen LogP contribution in [0.15, 0.2) is 12.2 Å². The molecule has 13 heavy (non-hydrogen) atoms. The van der Waals surface area contributed by atoms with Crippen LogP contribution in [0.1, 0.15) is 0 Å². The standard InChI is InChI=1S/C8H7NO4/c10-7-5-3-1-2-4(12-3)6(5)9-8(11)13-7/h1-6H,(H,9,11)/t3-,4+,5-,6+/m0/s1. The summed E-state index contributed by atoms with van der Waals surface area (Å²) in [4.78, 5) is 22.1. The number of hydrogen-bond acceptors (Lipinski definition) is 4. The van der Waals surface area contributed by atoms with Crippen molar-refractivity contribution in [2.45, 2.75) is 18.2 Å². The molecular weight excluding hydrogens is 174 g/mol. The fraction of sp³-hybridized carbons (Fsp3) is 0.500. The topological polar surface area (TPSA) is 64.6 Å². The lowest BCUT2D eigenvalue weighted by atomic mass is 9.88. The van der Waals surface area contributed by atoms with Gasteiger partial charge in [0.15, 0.2) is 0 Å². The molecule has 2 bridgehead atoms. The Morgan fingerprint density at radius 1 is 1.23 bits per heavy atom. The van der Waals surface area contributed by atoms with Gasteiger partial charge in [0.2, 0.25) is 0 Å². The summed E-state index contributed by atoms with van der Waals surface area (Å²) < 4.78 is 9.86. The van der Waals surface area contributed by atoms with E-state index in [2.05, 4.69) is 10.1 Å². The largest absolute Gasteiger partial charge is 0.415 e. The maximum atomic E-state index is 11.3. The number of esters is 1. The van der Waals surface area contributed by atoms with Crippen LogP contribution in [0.5, 0.6) is 0 Å². The Hall–Kier alpha value is -1.36. The number of alkyl carbamates (subject to hydrolysis) is 1. The number of cyclic esters (lactones) is 2. The second kappa shape index (κ2) is 2.11. The average molecular weight is 181 g/mol. The van der Waals surface area contributed by atoms with E-state index in [0.717, 1.165) is 0 Å². The van der Waals surface area contributed by atoms with Gasteiger partial charge in [-0.2, -0.15) is 0 Å².